The second-order valence-corrected chi connectivity index (χ2v) is 8.30. The molecule has 0 bridgehead atoms. The van der Waals surface area contributed by atoms with Crippen LogP contribution in [0.15, 0.2) is 60.7 Å². The number of hydrogen-bond donors (Lipinski definition) is 2. The number of amides is 2. The standard InChI is InChI=1S/C26H34N2O5/c1-20(2)16-24(28-26(31)33-18-22-12-7-4-8-13-22)25(30)27-23(17-29)19-32-15-9-14-21-10-5-3-6-11-21/h3-8,10-13,17,20,23-24H,9,14-16,18-19H2,1-2H3,(H,27,30)(H,28,31)/t23?,24-/m0/s1. The van der Waals surface area contributed by atoms with E-state index < -0.39 is 24.1 Å². The molecule has 2 aromatic carbocycles. The van der Waals surface area contributed by atoms with Gasteiger partial charge in [0.15, 0.2) is 0 Å². The molecule has 0 radical (unpaired) electrons. The lowest BCUT2D eigenvalue weighted by Gasteiger charge is -2.22. The molecule has 2 N–H and O–H groups in total. The number of carbonyl (C=O) groups is 3. The first-order valence-electron chi connectivity index (χ1n) is 11.3. The summed E-state index contributed by atoms with van der Waals surface area (Å²) >= 11 is 0. The molecule has 2 amide bonds. The van der Waals surface area contributed by atoms with Gasteiger partial charge in [0.1, 0.15) is 25.0 Å². The van der Waals surface area contributed by atoms with Crippen LogP contribution in [-0.4, -0.2) is 43.6 Å². The minimum Gasteiger partial charge on any atom is -0.445 e. The van der Waals surface area contributed by atoms with Crippen molar-refractivity contribution in [2.24, 2.45) is 5.92 Å². The van der Waals surface area contributed by atoms with E-state index in [2.05, 4.69) is 22.8 Å². The zero-order chi connectivity index (χ0) is 23.9. The van der Waals surface area contributed by atoms with Crippen LogP contribution in [0.2, 0.25) is 0 Å². The number of hydrogen-bond acceptors (Lipinski definition) is 5. The molecule has 0 aliphatic carbocycles. The van der Waals surface area contributed by atoms with Crippen LogP contribution in [0.4, 0.5) is 4.79 Å². The van der Waals surface area contributed by atoms with E-state index in [-0.39, 0.29) is 19.1 Å². The summed E-state index contributed by atoms with van der Waals surface area (Å²) in [6, 6.07) is 17.8. The third-order valence-corrected chi connectivity index (χ3v) is 4.91. The van der Waals surface area contributed by atoms with E-state index in [1.165, 1.54) is 5.56 Å². The number of aldehydes is 1. The van der Waals surface area contributed by atoms with Crippen molar-refractivity contribution in [3.63, 3.8) is 0 Å². The molecule has 0 aliphatic heterocycles. The van der Waals surface area contributed by atoms with Crippen LogP contribution in [0.5, 0.6) is 0 Å². The Hall–Kier alpha value is -3.19. The van der Waals surface area contributed by atoms with Gasteiger partial charge >= 0.3 is 6.09 Å². The highest BCUT2D eigenvalue weighted by atomic mass is 16.5. The average molecular weight is 455 g/mol. The summed E-state index contributed by atoms with van der Waals surface area (Å²) in [4.78, 5) is 36.4. The summed E-state index contributed by atoms with van der Waals surface area (Å²) < 4.78 is 10.8. The van der Waals surface area contributed by atoms with E-state index in [9.17, 15) is 14.4 Å². The first-order chi connectivity index (χ1) is 16.0. The SMILES string of the molecule is CC(C)C[C@H](NC(=O)OCc1ccccc1)C(=O)NC(C=O)COCCCc1ccccc1. The van der Waals surface area contributed by atoms with Crippen LogP contribution in [0.3, 0.4) is 0 Å². The first-order valence-corrected chi connectivity index (χ1v) is 11.3. The maximum Gasteiger partial charge on any atom is 0.408 e. The lowest BCUT2D eigenvalue weighted by molar-refractivity contribution is -0.127. The third kappa shape index (κ3) is 10.8. The van der Waals surface area contributed by atoms with E-state index in [0.29, 0.717) is 19.3 Å². The lowest BCUT2D eigenvalue weighted by Crippen LogP contribution is -2.51. The fraction of sp³-hybridized carbons (Fsp3) is 0.423. The normalized spacial score (nSPS) is 12.6. The third-order valence-electron chi connectivity index (χ3n) is 4.91. The Kier molecular flexibility index (Phi) is 11.7. The van der Waals surface area contributed by atoms with Crippen molar-refractivity contribution in [2.45, 2.75) is 51.8 Å². The van der Waals surface area contributed by atoms with Gasteiger partial charge in [-0.05, 0) is 36.3 Å². The van der Waals surface area contributed by atoms with Gasteiger partial charge in [0.25, 0.3) is 0 Å². The minimum atomic E-state index is -0.811. The molecule has 1 unspecified atom stereocenters. The number of aryl methyl sites for hydroxylation is 1. The molecular formula is C26H34N2O5. The molecule has 7 nitrogen and oxygen atoms in total. The van der Waals surface area contributed by atoms with Crippen molar-refractivity contribution in [1.82, 2.24) is 10.6 Å². The van der Waals surface area contributed by atoms with Crippen LogP contribution in [0, 0.1) is 5.92 Å². The van der Waals surface area contributed by atoms with Gasteiger partial charge < -0.3 is 24.9 Å². The average Bonchev–Trinajstić information content (AvgIpc) is 2.82. The molecule has 2 aromatic rings. The number of alkyl carbamates (subject to hydrolysis) is 1. The van der Waals surface area contributed by atoms with Gasteiger partial charge in [-0.1, -0.05) is 74.5 Å². The van der Waals surface area contributed by atoms with Crippen LogP contribution >= 0.6 is 0 Å². The van der Waals surface area contributed by atoms with Crippen molar-refractivity contribution in [3.05, 3.63) is 71.8 Å². The van der Waals surface area contributed by atoms with E-state index in [0.717, 1.165) is 18.4 Å². The van der Waals surface area contributed by atoms with Crippen LogP contribution in [-0.2, 0) is 32.1 Å². The molecule has 0 aliphatic rings. The highest BCUT2D eigenvalue weighted by Crippen LogP contribution is 2.07. The fourth-order valence-electron chi connectivity index (χ4n) is 3.24. The Balaban J connectivity index is 1.76. The molecule has 33 heavy (non-hydrogen) atoms. The van der Waals surface area contributed by atoms with E-state index in [1.807, 2.05) is 62.4 Å². The van der Waals surface area contributed by atoms with Gasteiger partial charge in [-0.25, -0.2) is 4.79 Å². The Labute approximate surface area is 195 Å². The van der Waals surface area contributed by atoms with Gasteiger partial charge in [0.2, 0.25) is 5.91 Å². The second kappa shape index (κ2) is 14.8. The number of nitrogens with one attached hydrogen (secondary N) is 2. The Morgan fingerprint density at radius 2 is 1.58 bits per heavy atom. The van der Waals surface area contributed by atoms with Gasteiger partial charge in [0, 0.05) is 6.61 Å². The van der Waals surface area contributed by atoms with E-state index in [1.54, 1.807) is 0 Å². The number of benzene rings is 2. The van der Waals surface area contributed by atoms with Gasteiger partial charge in [-0.3, -0.25) is 4.79 Å². The molecule has 7 heteroatoms. The molecule has 0 fully saturated rings. The maximum atomic E-state index is 12.7. The second-order valence-electron chi connectivity index (χ2n) is 8.30. The Morgan fingerprint density at radius 3 is 2.18 bits per heavy atom. The topological polar surface area (TPSA) is 93.7 Å². The molecule has 0 spiro atoms. The molecule has 178 valence electrons. The van der Waals surface area contributed by atoms with Gasteiger partial charge in [-0.2, -0.15) is 0 Å². The van der Waals surface area contributed by atoms with Crippen molar-refractivity contribution in [2.75, 3.05) is 13.2 Å². The number of carbonyl (C=O) groups excluding carboxylic acids is 3. The predicted molar refractivity (Wildman–Crippen MR) is 127 cm³/mol. The minimum absolute atomic E-state index is 0.0802. The summed E-state index contributed by atoms with van der Waals surface area (Å²) in [5.41, 5.74) is 2.08. The molecule has 0 aromatic heterocycles. The van der Waals surface area contributed by atoms with Crippen molar-refractivity contribution < 1.29 is 23.9 Å². The maximum absolute atomic E-state index is 12.7. The van der Waals surface area contributed by atoms with Crippen molar-refractivity contribution in [3.8, 4) is 0 Å². The largest absolute Gasteiger partial charge is 0.445 e. The van der Waals surface area contributed by atoms with E-state index in [4.69, 9.17) is 9.47 Å². The molecule has 0 saturated heterocycles. The smallest absolute Gasteiger partial charge is 0.408 e. The molecule has 0 heterocycles. The fourth-order valence-corrected chi connectivity index (χ4v) is 3.24. The Morgan fingerprint density at radius 1 is 0.939 bits per heavy atom. The summed E-state index contributed by atoms with van der Waals surface area (Å²) in [5, 5.41) is 5.27. The van der Waals surface area contributed by atoms with Crippen LogP contribution < -0.4 is 10.6 Å². The summed E-state index contributed by atoms with van der Waals surface area (Å²) in [6.07, 6.45) is 2.07. The van der Waals surface area contributed by atoms with Crippen molar-refractivity contribution >= 4 is 18.3 Å². The predicted octanol–water partition coefficient (Wildman–Crippen LogP) is 3.66. The molecule has 2 atom stereocenters. The zero-order valence-corrected chi connectivity index (χ0v) is 19.4. The quantitative estimate of drug-likeness (QED) is 0.336. The zero-order valence-electron chi connectivity index (χ0n) is 19.4. The molecular weight excluding hydrogens is 420 g/mol. The first kappa shape index (κ1) is 26.1. The monoisotopic (exact) mass is 454 g/mol. The summed E-state index contributed by atoms with van der Waals surface area (Å²) in [7, 11) is 0. The molecule has 2 rings (SSSR count). The number of ether oxygens (including phenoxy) is 2. The number of rotatable bonds is 14. The Bertz CT molecular complexity index is 842. The summed E-state index contributed by atoms with van der Waals surface area (Å²) in [6.45, 7) is 4.57. The lowest BCUT2D eigenvalue weighted by atomic mass is 10.0. The van der Waals surface area contributed by atoms with Crippen LogP contribution in [0.25, 0.3) is 0 Å². The van der Waals surface area contributed by atoms with Crippen LogP contribution in [0.1, 0.15) is 37.8 Å². The highest BCUT2D eigenvalue weighted by Gasteiger charge is 2.25. The van der Waals surface area contributed by atoms with Gasteiger partial charge in [-0.15, -0.1) is 0 Å². The van der Waals surface area contributed by atoms with E-state index >= 15 is 0 Å². The van der Waals surface area contributed by atoms with Crippen molar-refractivity contribution in [1.29, 1.82) is 0 Å². The summed E-state index contributed by atoms with van der Waals surface area (Å²) in [5.74, 6) is -0.288. The highest BCUT2D eigenvalue weighted by molar-refractivity contribution is 5.87. The molecule has 0 saturated carbocycles. The van der Waals surface area contributed by atoms with Gasteiger partial charge in [0.05, 0.1) is 6.61 Å².